The van der Waals surface area contributed by atoms with E-state index in [0.717, 1.165) is 22.2 Å². The highest BCUT2D eigenvalue weighted by molar-refractivity contribution is 9.10. The van der Waals surface area contributed by atoms with Crippen LogP contribution in [-0.2, 0) is 6.42 Å². The van der Waals surface area contributed by atoms with E-state index < -0.39 is 0 Å². The van der Waals surface area contributed by atoms with Crippen LogP contribution in [0.2, 0.25) is 0 Å². The number of benzene rings is 1. The van der Waals surface area contributed by atoms with Crippen LogP contribution in [0.25, 0.3) is 0 Å². The molecule has 0 aromatic heterocycles. The van der Waals surface area contributed by atoms with Gasteiger partial charge in [0, 0.05) is 16.1 Å². The standard InChI is InChI=1S/C14H19BrO2S/c1-17-13-6-5-11(15)8-10(13)9-12(16)14-4-2-3-7-18-14/h5-6,8,12,14,16H,2-4,7,9H2,1H3. The summed E-state index contributed by atoms with van der Waals surface area (Å²) in [4.78, 5) is 0. The molecular weight excluding hydrogens is 312 g/mol. The molecule has 1 aliphatic rings. The minimum absolute atomic E-state index is 0.279. The summed E-state index contributed by atoms with van der Waals surface area (Å²) in [6, 6.07) is 5.94. The zero-order valence-electron chi connectivity index (χ0n) is 10.6. The van der Waals surface area contributed by atoms with Crippen LogP contribution in [0.3, 0.4) is 0 Å². The molecule has 1 aromatic rings. The first-order chi connectivity index (χ1) is 8.70. The van der Waals surface area contributed by atoms with Crippen molar-refractivity contribution >= 4 is 27.7 Å². The molecule has 18 heavy (non-hydrogen) atoms. The summed E-state index contributed by atoms with van der Waals surface area (Å²) in [6.07, 6.45) is 4.04. The number of aliphatic hydroxyl groups excluding tert-OH is 1. The lowest BCUT2D eigenvalue weighted by Gasteiger charge is -2.26. The number of ether oxygens (including phenoxy) is 1. The molecule has 2 rings (SSSR count). The van der Waals surface area contributed by atoms with E-state index in [1.165, 1.54) is 18.6 Å². The van der Waals surface area contributed by atoms with Gasteiger partial charge >= 0.3 is 0 Å². The van der Waals surface area contributed by atoms with Crippen molar-refractivity contribution in [3.63, 3.8) is 0 Å². The molecule has 0 amide bonds. The number of hydrogen-bond donors (Lipinski definition) is 1. The van der Waals surface area contributed by atoms with Gasteiger partial charge in [-0.05, 0) is 42.4 Å². The molecule has 1 N–H and O–H groups in total. The van der Waals surface area contributed by atoms with Crippen LogP contribution in [0.15, 0.2) is 22.7 Å². The second kappa shape index (κ2) is 6.83. The fourth-order valence-electron chi connectivity index (χ4n) is 2.33. The lowest BCUT2D eigenvalue weighted by molar-refractivity contribution is 0.165. The van der Waals surface area contributed by atoms with Gasteiger partial charge < -0.3 is 9.84 Å². The van der Waals surface area contributed by atoms with Gasteiger partial charge in [-0.15, -0.1) is 0 Å². The topological polar surface area (TPSA) is 29.5 Å². The molecule has 100 valence electrons. The Hall–Kier alpha value is -0.190. The van der Waals surface area contributed by atoms with Gasteiger partial charge in [-0.1, -0.05) is 22.4 Å². The Bertz CT molecular complexity index is 391. The summed E-state index contributed by atoms with van der Waals surface area (Å²) in [5.74, 6) is 2.04. The third-order valence-electron chi connectivity index (χ3n) is 3.32. The van der Waals surface area contributed by atoms with Gasteiger partial charge in [-0.3, -0.25) is 0 Å². The molecule has 1 heterocycles. The predicted octanol–water partition coefficient (Wildman–Crippen LogP) is 3.65. The molecule has 0 aliphatic carbocycles. The van der Waals surface area contributed by atoms with Crippen molar-refractivity contribution in [2.24, 2.45) is 0 Å². The smallest absolute Gasteiger partial charge is 0.122 e. The summed E-state index contributed by atoms with van der Waals surface area (Å²) >= 11 is 5.37. The van der Waals surface area contributed by atoms with E-state index in [1.54, 1.807) is 7.11 Å². The van der Waals surface area contributed by atoms with Gasteiger partial charge in [-0.25, -0.2) is 0 Å². The minimum atomic E-state index is -0.279. The van der Waals surface area contributed by atoms with Crippen molar-refractivity contribution in [3.8, 4) is 5.75 Å². The zero-order chi connectivity index (χ0) is 13.0. The summed E-state index contributed by atoms with van der Waals surface area (Å²) in [5, 5.41) is 10.7. The highest BCUT2D eigenvalue weighted by Crippen LogP contribution is 2.31. The van der Waals surface area contributed by atoms with Crippen LogP contribution in [0.5, 0.6) is 5.75 Å². The second-order valence-electron chi connectivity index (χ2n) is 4.63. The van der Waals surface area contributed by atoms with E-state index in [-0.39, 0.29) is 6.10 Å². The first-order valence-electron chi connectivity index (χ1n) is 6.33. The molecule has 0 bridgehead atoms. The maximum absolute atomic E-state index is 10.3. The van der Waals surface area contributed by atoms with Gasteiger partial charge in [-0.2, -0.15) is 11.8 Å². The molecule has 1 aromatic carbocycles. The van der Waals surface area contributed by atoms with Gasteiger partial charge in [0.15, 0.2) is 0 Å². The third kappa shape index (κ3) is 3.65. The fraction of sp³-hybridized carbons (Fsp3) is 0.571. The van der Waals surface area contributed by atoms with Crippen LogP contribution in [0, 0.1) is 0 Å². The molecule has 2 unspecified atom stereocenters. The van der Waals surface area contributed by atoms with E-state index in [4.69, 9.17) is 4.74 Å². The van der Waals surface area contributed by atoms with E-state index in [0.29, 0.717) is 11.7 Å². The van der Waals surface area contributed by atoms with Crippen molar-refractivity contribution < 1.29 is 9.84 Å². The normalized spacial score (nSPS) is 21.6. The molecular formula is C14H19BrO2S. The van der Waals surface area contributed by atoms with E-state index in [9.17, 15) is 5.11 Å². The first kappa shape index (κ1) is 14.2. The van der Waals surface area contributed by atoms with Gasteiger partial charge in [0.05, 0.1) is 13.2 Å². The van der Waals surface area contributed by atoms with Crippen LogP contribution in [-0.4, -0.2) is 29.3 Å². The Morgan fingerprint density at radius 1 is 1.50 bits per heavy atom. The van der Waals surface area contributed by atoms with Crippen LogP contribution < -0.4 is 4.74 Å². The molecule has 1 aliphatic heterocycles. The van der Waals surface area contributed by atoms with E-state index >= 15 is 0 Å². The molecule has 2 atom stereocenters. The number of thioether (sulfide) groups is 1. The number of aliphatic hydroxyl groups is 1. The number of hydrogen-bond acceptors (Lipinski definition) is 3. The number of rotatable bonds is 4. The van der Waals surface area contributed by atoms with Crippen molar-refractivity contribution in [1.82, 2.24) is 0 Å². The average Bonchev–Trinajstić information content (AvgIpc) is 2.40. The minimum Gasteiger partial charge on any atom is -0.496 e. The monoisotopic (exact) mass is 330 g/mol. The molecule has 1 fully saturated rings. The van der Waals surface area contributed by atoms with E-state index in [2.05, 4.69) is 15.9 Å². The SMILES string of the molecule is COc1ccc(Br)cc1CC(O)C1CCCCS1. The molecule has 0 spiro atoms. The van der Waals surface area contributed by atoms with Crippen molar-refractivity contribution in [1.29, 1.82) is 0 Å². The molecule has 4 heteroatoms. The Kier molecular flexibility index (Phi) is 5.39. The number of halogens is 1. The predicted molar refractivity (Wildman–Crippen MR) is 80.5 cm³/mol. The molecule has 2 nitrogen and oxygen atoms in total. The Morgan fingerprint density at radius 2 is 2.33 bits per heavy atom. The van der Waals surface area contributed by atoms with Gasteiger partial charge in [0.25, 0.3) is 0 Å². The summed E-state index contributed by atoms with van der Waals surface area (Å²) in [6.45, 7) is 0. The van der Waals surface area contributed by atoms with Crippen molar-refractivity contribution in [2.45, 2.75) is 37.0 Å². The fourth-order valence-corrected chi connectivity index (χ4v) is 4.07. The van der Waals surface area contributed by atoms with Crippen LogP contribution in [0.1, 0.15) is 24.8 Å². The zero-order valence-corrected chi connectivity index (χ0v) is 13.0. The first-order valence-corrected chi connectivity index (χ1v) is 8.17. The molecule has 0 radical (unpaired) electrons. The largest absolute Gasteiger partial charge is 0.496 e. The summed E-state index contributed by atoms with van der Waals surface area (Å²) in [7, 11) is 1.68. The maximum Gasteiger partial charge on any atom is 0.122 e. The van der Waals surface area contributed by atoms with Crippen LogP contribution in [0.4, 0.5) is 0 Å². The maximum atomic E-state index is 10.3. The van der Waals surface area contributed by atoms with E-state index in [1.807, 2.05) is 30.0 Å². The summed E-state index contributed by atoms with van der Waals surface area (Å²) < 4.78 is 6.38. The molecule has 0 saturated carbocycles. The number of methoxy groups -OCH3 is 1. The van der Waals surface area contributed by atoms with Crippen LogP contribution >= 0.6 is 27.7 Å². The van der Waals surface area contributed by atoms with Crippen molar-refractivity contribution in [2.75, 3.05) is 12.9 Å². The Labute approximate surface area is 121 Å². The molecule has 1 saturated heterocycles. The Balaban J connectivity index is 2.05. The summed E-state index contributed by atoms with van der Waals surface area (Å²) in [5.41, 5.74) is 1.07. The third-order valence-corrected chi connectivity index (χ3v) is 5.31. The quantitative estimate of drug-likeness (QED) is 0.913. The highest BCUT2D eigenvalue weighted by atomic mass is 79.9. The lowest BCUT2D eigenvalue weighted by atomic mass is 10.0. The Morgan fingerprint density at radius 3 is 3.00 bits per heavy atom. The van der Waals surface area contributed by atoms with Gasteiger partial charge in [0.2, 0.25) is 0 Å². The average molecular weight is 331 g/mol. The lowest BCUT2D eigenvalue weighted by Crippen LogP contribution is -2.28. The van der Waals surface area contributed by atoms with Gasteiger partial charge in [0.1, 0.15) is 5.75 Å². The highest BCUT2D eigenvalue weighted by Gasteiger charge is 2.23. The van der Waals surface area contributed by atoms with Crippen molar-refractivity contribution in [3.05, 3.63) is 28.2 Å². The second-order valence-corrected chi connectivity index (χ2v) is 6.90.